The molecule has 8 heteroatoms. The van der Waals surface area contributed by atoms with Crippen molar-refractivity contribution in [2.24, 2.45) is 4.99 Å². The Hall–Kier alpha value is -1.84. The Morgan fingerprint density at radius 2 is 1.90 bits per heavy atom. The van der Waals surface area contributed by atoms with Gasteiger partial charge in [-0.05, 0) is 38.3 Å². The molecule has 0 amide bonds. The predicted octanol–water partition coefficient (Wildman–Crippen LogP) is 3.25. The van der Waals surface area contributed by atoms with Crippen LogP contribution in [0.15, 0.2) is 35.3 Å². The zero-order chi connectivity index (χ0) is 20.3. The number of anilines is 1. The molecule has 0 saturated heterocycles. The minimum Gasteiger partial charge on any atom is -0.372 e. The van der Waals surface area contributed by atoms with Crippen molar-refractivity contribution in [1.29, 1.82) is 0 Å². The van der Waals surface area contributed by atoms with Crippen LogP contribution < -0.4 is 15.5 Å². The summed E-state index contributed by atoms with van der Waals surface area (Å²) in [5, 5.41) is 15.6. The van der Waals surface area contributed by atoms with Crippen molar-refractivity contribution in [2.45, 2.75) is 52.0 Å². The van der Waals surface area contributed by atoms with Crippen LogP contribution in [-0.4, -0.2) is 54.0 Å². The number of guanidine groups is 1. The number of rotatable bonds is 9. The van der Waals surface area contributed by atoms with Crippen molar-refractivity contribution >= 4 is 35.6 Å². The second-order valence-electron chi connectivity index (χ2n) is 7.44. The summed E-state index contributed by atoms with van der Waals surface area (Å²) in [5.41, 5.74) is 1.28. The van der Waals surface area contributed by atoms with Gasteiger partial charge < -0.3 is 20.1 Å². The molecule has 1 aliphatic heterocycles. The van der Waals surface area contributed by atoms with E-state index in [4.69, 9.17) is 0 Å². The van der Waals surface area contributed by atoms with Gasteiger partial charge in [0.1, 0.15) is 11.6 Å². The molecule has 1 aliphatic rings. The maximum absolute atomic E-state index is 4.40. The number of aryl methyl sites for hydroxylation is 1. The monoisotopic (exact) mass is 525 g/mol. The third kappa shape index (κ3) is 7.14. The molecule has 3 rings (SSSR count). The third-order valence-electron chi connectivity index (χ3n) is 5.45. The molecule has 0 bridgehead atoms. The van der Waals surface area contributed by atoms with Gasteiger partial charge in [0.05, 0.1) is 0 Å². The Labute approximate surface area is 197 Å². The average molecular weight is 525 g/mol. The number of nitrogens with zero attached hydrogens (tertiary/aromatic N) is 5. The van der Waals surface area contributed by atoms with Gasteiger partial charge in [0.25, 0.3) is 0 Å². The summed E-state index contributed by atoms with van der Waals surface area (Å²) in [6.45, 7) is 6.99. The number of benzene rings is 1. The molecule has 0 atom stereocenters. The fraction of sp³-hybridized carbons (Fsp3) is 0.591. The largest absolute Gasteiger partial charge is 0.372 e. The van der Waals surface area contributed by atoms with Crippen molar-refractivity contribution < 1.29 is 0 Å². The number of nitrogens with one attached hydrogen (secondary N) is 2. The molecule has 166 valence electrons. The molecule has 2 heterocycles. The fourth-order valence-electron chi connectivity index (χ4n) is 3.83. The molecule has 0 spiro atoms. The van der Waals surface area contributed by atoms with E-state index in [2.05, 4.69) is 72.5 Å². The first-order chi connectivity index (χ1) is 14.3. The van der Waals surface area contributed by atoms with Crippen molar-refractivity contribution in [3.8, 4) is 0 Å². The van der Waals surface area contributed by atoms with Gasteiger partial charge in [-0.1, -0.05) is 24.6 Å². The van der Waals surface area contributed by atoms with Crippen LogP contribution in [0, 0.1) is 0 Å². The van der Waals surface area contributed by atoms with Gasteiger partial charge in [-0.15, -0.1) is 34.2 Å². The maximum Gasteiger partial charge on any atom is 0.190 e. The first-order valence-electron chi connectivity index (χ1n) is 11.0. The maximum atomic E-state index is 4.40. The van der Waals surface area contributed by atoms with E-state index >= 15 is 0 Å². The number of hydrogen-bond acceptors (Lipinski definition) is 4. The number of aliphatic imine (C=N–C) groups is 1. The van der Waals surface area contributed by atoms with Crippen molar-refractivity contribution in [2.75, 3.05) is 38.1 Å². The van der Waals surface area contributed by atoms with Gasteiger partial charge in [0, 0.05) is 58.3 Å². The lowest BCUT2D eigenvalue weighted by Crippen LogP contribution is -2.39. The first-order valence-corrected chi connectivity index (χ1v) is 11.0. The number of hydrogen-bond donors (Lipinski definition) is 2. The lowest BCUT2D eigenvalue weighted by atomic mass is 10.2. The number of fused-ring (bicyclic) bond motifs is 1. The van der Waals surface area contributed by atoms with Crippen LogP contribution in [-0.2, 0) is 19.4 Å². The van der Waals surface area contributed by atoms with Crippen molar-refractivity contribution in [3.63, 3.8) is 0 Å². The quantitative estimate of drug-likeness (QED) is 0.228. The minimum atomic E-state index is 0. The molecule has 1 aromatic heterocycles. The zero-order valence-electron chi connectivity index (χ0n) is 18.3. The highest BCUT2D eigenvalue weighted by Gasteiger charge is 2.14. The summed E-state index contributed by atoms with van der Waals surface area (Å²) in [7, 11) is 1.82. The lowest BCUT2D eigenvalue weighted by molar-refractivity contribution is 0.600. The Bertz CT molecular complexity index is 760. The summed E-state index contributed by atoms with van der Waals surface area (Å²) in [5.74, 6) is 3.09. The molecule has 1 aromatic carbocycles. The van der Waals surface area contributed by atoms with E-state index in [1.54, 1.807) is 0 Å². The summed E-state index contributed by atoms with van der Waals surface area (Å²) >= 11 is 0. The molecule has 0 radical (unpaired) electrons. The highest BCUT2D eigenvalue weighted by molar-refractivity contribution is 14.0. The Morgan fingerprint density at radius 1 is 1.10 bits per heavy atom. The normalized spacial score (nSPS) is 13.7. The third-order valence-corrected chi connectivity index (χ3v) is 5.45. The van der Waals surface area contributed by atoms with E-state index in [-0.39, 0.29) is 24.0 Å². The van der Waals surface area contributed by atoms with Crippen LogP contribution in [0.1, 0.15) is 44.3 Å². The van der Waals surface area contributed by atoms with Crippen LogP contribution in [0.4, 0.5) is 5.69 Å². The SMILES string of the molecule is CCN(CCCNC(=NC)NCCc1nnc2n1CCCCC2)c1ccccc1.I. The lowest BCUT2D eigenvalue weighted by Gasteiger charge is -2.23. The molecule has 30 heavy (non-hydrogen) atoms. The van der Waals surface area contributed by atoms with Crippen LogP contribution in [0.3, 0.4) is 0 Å². The summed E-state index contributed by atoms with van der Waals surface area (Å²) in [6.07, 6.45) is 6.73. The first kappa shape index (κ1) is 24.4. The Balaban J connectivity index is 0.00000320. The molecule has 0 unspecified atom stereocenters. The molecule has 2 aromatic rings. The smallest absolute Gasteiger partial charge is 0.190 e. The molecule has 0 saturated carbocycles. The summed E-state index contributed by atoms with van der Waals surface area (Å²) in [6, 6.07) is 10.6. The van der Waals surface area contributed by atoms with Crippen molar-refractivity contribution in [3.05, 3.63) is 42.0 Å². The molecule has 7 nitrogen and oxygen atoms in total. The van der Waals surface area contributed by atoms with Crippen LogP contribution >= 0.6 is 24.0 Å². The van der Waals surface area contributed by atoms with Crippen LogP contribution in [0.5, 0.6) is 0 Å². The van der Waals surface area contributed by atoms with Gasteiger partial charge in [-0.3, -0.25) is 4.99 Å². The van der Waals surface area contributed by atoms with E-state index in [1.807, 2.05) is 7.05 Å². The predicted molar refractivity (Wildman–Crippen MR) is 135 cm³/mol. The number of halogens is 1. The Kier molecular flexibility index (Phi) is 11.0. The van der Waals surface area contributed by atoms with E-state index < -0.39 is 0 Å². The minimum absolute atomic E-state index is 0. The van der Waals surface area contributed by atoms with Gasteiger partial charge >= 0.3 is 0 Å². The second kappa shape index (κ2) is 13.5. The van der Waals surface area contributed by atoms with E-state index in [1.165, 1.54) is 24.9 Å². The Morgan fingerprint density at radius 3 is 2.67 bits per heavy atom. The van der Waals surface area contributed by atoms with Gasteiger partial charge in [-0.25, -0.2) is 0 Å². The van der Waals surface area contributed by atoms with Gasteiger partial charge in [0.15, 0.2) is 5.96 Å². The summed E-state index contributed by atoms with van der Waals surface area (Å²) in [4.78, 5) is 6.74. The van der Waals surface area contributed by atoms with E-state index in [0.29, 0.717) is 0 Å². The topological polar surface area (TPSA) is 70.4 Å². The van der Waals surface area contributed by atoms with Crippen LogP contribution in [0.25, 0.3) is 0 Å². The second-order valence-corrected chi connectivity index (χ2v) is 7.44. The fourth-order valence-corrected chi connectivity index (χ4v) is 3.83. The molecular formula is C22H36IN7. The average Bonchev–Trinajstić information content (AvgIpc) is 2.99. The van der Waals surface area contributed by atoms with E-state index in [0.717, 1.165) is 69.6 Å². The molecule has 2 N–H and O–H groups in total. The molecular weight excluding hydrogens is 489 g/mol. The standard InChI is InChI=1S/C22H35N7.HI/c1-3-28(19-11-6-4-7-12-19)17-10-15-24-22(23-2)25-16-14-21-27-26-20-13-8-5-9-18-29(20)21;/h4,6-7,11-12H,3,5,8-10,13-18H2,1-2H3,(H2,23,24,25);1H. The molecule has 0 aliphatic carbocycles. The number of aromatic nitrogens is 3. The highest BCUT2D eigenvalue weighted by atomic mass is 127. The summed E-state index contributed by atoms with van der Waals surface area (Å²) < 4.78 is 2.31. The highest BCUT2D eigenvalue weighted by Crippen LogP contribution is 2.14. The zero-order valence-corrected chi connectivity index (χ0v) is 20.6. The molecule has 0 fully saturated rings. The number of para-hydroxylation sites is 1. The van der Waals surface area contributed by atoms with E-state index in [9.17, 15) is 0 Å². The van der Waals surface area contributed by atoms with Crippen LogP contribution in [0.2, 0.25) is 0 Å². The van der Waals surface area contributed by atoms with Gasteiger partial charge in [0.2, 0.25) is 0 Å². The van der Waals surface area contributed by atoms with Gasteiger partial charge in [-0.2, -0.15) is 0 Å². The van der Waals surface area contributed by atoms with Crippen molar-refractivity contribution in [1.82, 2.24) is 25.4 Å².